The fourth-order valence-corrected chi connectivity index (χ4v) is 3.04. The first-order valence-electron chi connectivity index (χ1n) is 7.55. The summed E-state index contributed by atoms with van der Waals surface area (Å²) in [7, 11) is 0. The molecule has 4 nitrogen and oxygen atoms in total. The first kappa shape index (κ1) is 18.1. The second-order valence-corrected chi connectivity index (χ2v) is 6.69. The van der Waals surface area contributed by atoms with E-state index in [9.17, 15) is 10.1 Å². The van der Waals surface area contributed by atoms with Crippen molar-refractivity contribution < 1.29 is 4.92 Å². The largest absolute Gasteiger partial charge is 0.296 e. The Labute approximate surface area is 135 Å². The Bertz CT molecular complexity index is 473. The lowest BCUT2D eigenvalue weighted by Crippen LogP contribution is -2.36. The molecule has 0 aromatic heterocycles. The van der Waals surface area contributed by atoms with E-state index in [1.807, 2.05) is 6.07 Å². The first-order chi connectivity index (χ1) is 9.88. The minimum atomic E-state index is -0.336. The Hall–Kier alpha value is -0.940. The molecule has 21 heavy (non-hydrogen) atoms. The second-order valence-electron chi connectivity index (χ2n) is 5.84. The zero-order valence-corrected chi connectivity index (χ0v) is 14.9. The molecule has 0 saturated heterocycles. The van der Waals surface area contributed by atoms with Gasteiger partial charge in [0.15, 0.2) is 0 Å². The van der Waals surface area contributed by atoms with E-state index in [4.69, 9.17) is 0 Å². The van der Waals surface area contributed by atoms with Gasteiger partial charge in [0, 0.05) is 25.2 Å². The molecule has 5 heteroatoms. The molecule has 0 aliphatic carbocycles. The molecule has 0 fully saturated rings. The van der Waals surface area contributed by atoms with Crippen molar-refractivity contribution in [1.29, 1.82) is 0 Å². The maximum Gasteiger partial charge on any atom is 0.283 e. The van der Waals surface area contributed by atoms with Gasteiger partial charge >= 0.3 is 0 Å². The Balaban J connectivity index is 2.97. The molecule has 0 atom stereocenters. The van der Waals surface area contributed by atoms with E-state index < -0.39 is 0 Å². The van der Waals surface area contributed by atoms with Crippen LogP contribution in [0.5, 0.6) is 0 Å². The fourth-order valence-electron chi connectivity index (χ4n) is 2.65. The van der Waals surface area contributed by atoms with E-state index in [-0.39, 0.29) is 10.6 Å². The fraction of sp³-hybridized carbons (Fsp3) is 0.625. The van der Waals surface area contributed by atoms with Gasteiger partial charge in [-0.25, -0.2) is 0 Å². The summed E-state index contributed by atoms with van der Waals surface area (Å²) in [6.07, 6.45) is 2.20. The van der Waals surface area contributed by atoms with Gasteiger partial charge in [0.2, 0.25) is 0 Å². The predicted octanol–water partition coefficient (Wildman–Crippen LogP) is 5.00. The molecule has 1 aromatic rings. The van der Waals surface area contributed by atoms with Crippen molar-refractivity contribution in [3.8, 4) is 0 Å². The van der Waals surface area contributed by atoms with E-state index in [0.29, 0.717) is 16.4 Å². The summed E-state index contributed by atoms with van der Waals surface area (Å²) in [5, 5.41) is 11.0. The molecule has 1 aromatic carbocycles. The van der Waals surface area contributed by atoms with Crippen LogP contribution in [0.4, 0.5) is 5.69 Å². The van der Waals surface area contributed by atoms with Crippen molar-refractivity contribution in [2.45, 2.75) is 53.1 Å². The smallest absolute Gasteiger partial charge is 0.283 e. The molecule has 0 saturated carbocycles. The number of nitrogens with zero attached hydrogens (tertiary/aromatic N) is 2. The van der Waals surface area contributed by atoms with Crippen LogP contribution in [0.25, 0.3) is 0 Å². The van der Waals surface area contributed by atoms with Crippen molar-refractivity contribution in [3.05, 3.63) is 38.3 Å². The molecule has 118 valence electrons. The van der Waals surface area contributed by atoms with Crippen LogP contribution in [-0.4, -0.2) is 22.4 Å². The third-order valence-corrected chi connectivity index (χ3v) is 4.32. The average molecular weight is 357 g/mol. The normalized spacial score (nSPS) is 11.6. The highest BCUT2D eigenvalue weighted by molar-refractivity contribution is 9.10. The molecule has 0 bridgehead atoms. The number of nitro benzene ring substituents is 1. The standard InChI is InChI=1S/C16H25BrN2O2/c1-5-14(6-2)18(10-12(3)4)11-13-7-8-15(17)16(9-13)19(20)21/h7-9,12,14H,5-6,10-11H2,1-4H3. The molecular weight excluding hydrogens is 332 g/mol. The van der Waals surface area contributed by atoms with Gasteiger partial charge in [-0.1, -0.05) is 33.8 Å². The highest BCUT2D eigenvalue weighted by atomic mass is 79.9. The van der Waals surface area contributed by atoms with Crippen LogP contribution in [0.15, 0.2) is 22.7 Å². The number of rotatable bonds is 8. The predicted molar refractivity (Wildman–Crippen MR) is 90.4 cm³/mol. The van der Waals surface area contributed by atoms with Gasteiger partial charge in [0.1, 0.15) is 0 Å². The summed E-state index contributed by atoms with van der Waals surface area (Å²) < 4.78 is 0.536. The quantitative estimate of drug-likeness (QED) is 0.486. The molecule has 0 radical (unpaired) electrons. The number of benzene rings is 1. The average Bonchev–Trinajstić information content (AvgIpc) is 2.41. The summed E-state index contributed by atoms with van der Waals surface area (Å²) in [5.74, 6) is 0.580. The molecule has 1 rings (SSSR count). The van der Waals surface area contributed by atoms with Gasteiger partial charge in [0.05, 0.1) is 9.40 Å². The molecule has 0 aliphatic rings. The zero-order chi connectivity index (χ0) is 16.0. The molecular formula is C16H25BrN2O2. The van der Waals surface area contributed by atoms with Gasteiger partial charge in [0.25, 0.3) is 5.69 Å². The summed E-state index contributed by atoms with van der Waals surface area (Å²) in [5.41, 5.74) is 1.14. The van der Waals surface area contributed by atoms with E-state index >= 15 is 0 Å². The Morgan fingerprint density at radius 3 is 2.38 bits per heavy atom. The monoisotopic (exact) mass is 356 g/mol. The van der Waals surface area contributed by atoms with E-state index in [1.54, 1.807) is 12.1 Å². The van der Waals surface area contributed by atoms with Crippen molar-refractivity contribution >= 4 is 21.6 Å². The second kappa shape index (κ2) is 8.49. The van der Waals surface area contributed by atoms with Crippen LogP contribution in [0.1, 0.15) is 46.1 Å². The number of hydrogen-bond donors (Lipinski definition) is 0. The lowest BCUT2D eigenvalue weighted by molar-refractivity contribution is -0.385. The lowest BCUT2D eigenvalue weighted by atomic mass is 10.1. The summed E-state index contributed by atoms with van der Waals surface area (Å²) in [6.45, 7) is 10.6. The number of hydrogen-bond acceptors (Lipinski definition) is 3. The van der Waals surface area contributed by atoms with Crippen LogP contribution < -0.4 is 0 Å². The topological polar surface area (TPSA) is 46.4 Å². The minimum Gasteiger partial charge on any atom is -0.296 e. The Morgan fingerprint density at radius 1 is 1.29 bits per heavy atom. The number of halogens is 1. The first-order valence-corrected chi connectivity index (χ1v) is 8.35. The van der Waals surface area contributed by atoms with Crippen LogP contribution in [0.2, 0.25) is 0 Å². The molecule has 0 spiro atoms. The molecule has 0 unspecified atom stereocenters. The van der Waals surface area contributed by atoms with Gasteiger partial charge in [-0.15, -0.1) is 0 Å². The molecule has 0 amide bonds. The third kappa shape index (κ3) is 5.40. The molecule has 0 heterocycles. The van der Waals surface area contributed by atoms with E-state index in [2.05, 4.69) is 48.5 Å². The lowest BCUT2D eigenvalue weighted by Gasteiger charge is -2.32. The van der Waals surface area contributed by atoms with E-state index in [0.717, 1.165) is 31.5 Å². The minimum absolute atomic E-state index is 0.140. The molecule has 0 aliphatic heterocycles. The van der Waals surface area contributed by atoms with Gasteiger partial charge < -0.3 is 0 Å². The summed E-state index contributed by atoms with van der Waals surface area (Å²) in [4.78, 5) is 13.2. The Kier molecular flexibility index (Phi) is 7.32. The maximum atomic E-state index is 11.0. The van der Waals surface area contributed by atoms with Crippen LogP contribution in [-0.2, 0) is 6.54 Å². The van der Waals surface area contributed by atoms with Crippen LogP contribution >= 0.6 is 15.9 Å². The van der Waals surface area contributed by atoms with Crippen molar-refractivity contribution in [3.63, 3.8) is 0 Å². The highest BCUT2D eigenvalue weighted by Gasteiger charge is 2.19. The SMILES string of the molecule is CCC(CC)N(Cc1ccc(Br)c([N+](=O)[O-])c1)CC(C)C. The van der Waals surface area contributed by atoms with Crippen molar-refractivity contribution in [1.82, 2.24) is 4.90 Å². The van der Waals surface area contributed by atoms with Gasteiger partial charge in [-0.2, -0.15) is 0 Å². The van der Waals surface area contributed by atoms with Crippen LogP contribution in [0.3, 0.4) is 0 Å². The van der Waals surface area contributed by atoms with Crippen molar-refractivity contribution in [2.24, 2.45) is 5.92 Å². The zero-order valence-electron chi connectivity index (χ0n) is 13.3. The summed E-state index contributed by atoms with van der Waals surface area (Å²) in [6, 6.07) is 5.94. The highest BCUT2D eigenvalue weighted by Crippen LogP contribution is 2.27. The Morgan fingerprint density at radius 2 is 1.90 bits per heavy atom. The van der Waals surface area contributed by atoms with Gasteiger partial charge in [-0.3, -0.25) is 15.0 Å². The van der Waals surface area contributed by atoms with E-state index in [1.165, 1.54) is 0 Å². The maximum absolute atomic E-state index is 11.0. The van der Waals surface area contributed by atoms with Gasteiger partial charge in [-0.05, 0) is 46.3 Å². The third-order valence-electron chi connectivity index (χ3n) is 3.65. The number of nitro groups is 1. The van der Waals surface area contributed by atoms with Crippen LogP contribution in [0, 0.1) is 16.0 Å². The summed E-state index contributed by atoms with van der Waals surface area (Å²) >= 11 is 3.24. The molecule has 0 N–H and O–H groups in total. The van der Waals surface area contributed by atoms with Crippen molar-refractivity contribution in [2.75, 3.05) is 6.54 Å².